The fraction of sp³-hybridized carbons (Fsp3) is 0.487. The normalized spacial score (nSPS) is 25.5. The van der Waals surface area contributed by atoms with E-state index in [1.165, 1.54) is 9.80 Å². The van der Waals surface area contributed by atoms with Gasteiger partial charge in [-0.15, -0.1) is 13.2 Å². The first-order valence-electron chi connectivity index (χ1n) is 17.3. The molecule has 3 saturated heterocycles. The molecule has 3 amide bonds. The summed E-state index contributed by atoms with van der Waals surface area (Å²) in [6, 6.07) is 13.7. The molecule has 2 bridgehead atoms. The van der Waals surface area contributed by atoms with Crippen LogP contribution in [0.5, 0.6) is 0 Å². The van der Waals surface area contributed by atoms with Crippen LogP contribution < -0.4 is 4.90 Å². The van der Waals surface area contributed by atoms with Crippen molar-refractivity contribution in [3.05, 3.63) is 90.5 Å². The molecule has 5 rings (SSSR count). The Labute approximate surface area is 299 Å². The van der Waals surface area contributed by atoms with Gasteiger partial charge in [0.25, 0.3) is 5.91 Å². The highest BCUT2D eigenvalue weighted by atomic mass is 35.5. The average Bonchev–Trinajstić information content (AvgIpc) is 3.76. The Kier molecular flexibility index (Phi) is 11.5. The number of esters is 1. The summed E-state index contributed by atoms with van der Waals surface area (Å²) in [6.45, 7) is 12.9. The summed E-state index contributed by atoms with van der Waals surface area (Å²) in [5.41, 5.74) is -0.0557. The van der Waals surface area contributed by atoms with Crippen molar-refractivity contribution >= 4 is 41.0 Å². The number of aliphatic hydroxyl groups excluding tert-OH is 1. The number of fused-ring (bicyclic) bond motifs is 1. The molecule has 11 heteroatoms. The van der Waals surface area contributed by atoms with E-state index in [0.29, 0.717) is 35.5 Å². The van der Waals surface area contributed by atoms with Crippen molar-refractivity contribution in [2.75, 3.05) is 25.1 Å². The largest absolute Gasteiger partial charge is 0.455 e. The topological polar surface area (TPSA) is 117 Å². The number of hydrogen-bond donors (Lipinski definition) is 1. The average molecular weight is 706 g/mol. The van der Waals surface area contributed by atoms with E-state index in [-0.39, 0.29) is 31.4 Å². The summed E-state index contributed by atoms with van der Waals surface area (Å²) in [6.07, 6.45) is 3.40. The van der Waals surface area contributed by atoms with Gasteiger partial charge in [-0.25, -0.2) is 0 Å². The Morgan fingerprint density at radius 3 is 2.38 bits per heavy atom. The first-order valence-corrected chi connectivity index (χ1v) is 17.7. The van der Waals surface area contributed by atoms with Gasteiger partial charge in [0, 0.05) is 30.7 Å². The molecule has 1 N–H and O–H groups in total. The number of likely N-dealkylation sites (N-methyl/N-ethyl adjacent to an activating group) is 1. The Morgan fingerprint density at radius 1 is 1.10 bits per heavy atom. The van der Waals surface area contributed by atoms with E-state index in [2.05, 4.69) is 13.2 Å². The van der Waals surface area contributed by atoms with Crippen LogP contribution in [0.4, 0.5) is 5.69 Å². The Morgan fingerprint density at radius 2 is 1.78 bits per heavy atom. The van der Waals surface area contributed by atoms with Gasteiger partial charge in [-0.1, -0.05) is 67.9 Å². The third-order valence-corrected chi connectivity index (χ3v) is 10.9. The minimum atomic E-state index is -1.32. The zero-order chi connectivity index (χ0) is 36.3. The van der Waals surface area contributed by atoms with Crippen LogP contribution in [0.3, 0.4) is 0 Å². The fourth-order valence-corrected chi connectivity index (χ4v) is 8.09. The molecule has 3 heterocycles. The molecular weight excluding hydrogens is 658 g/mol. The van der Waals surface area contributed by atoms with Gasteiger partial charge in [0.05, 0.1) is 36.6 Å². The van der Waals surface area contributed by atoms with E-state index in [4.69, 9.17) is 21.1 Å². The number of aliphatic hydroxyl groups is 1. The van der Waals surface area contributed by atoms with Crippen molar-refractivity contribution in [3.8, 4) is 0 Å². The van der Waals surface area contributed by atoms with E-state index in [9.17, 15) is 24.3 Å². The summed E-state index contributed by atoms with van der Waals surface area (Å²) in [4.78, 5) is 61.6. The van der Waals surface area contributed by atoms with E-state index < -0.39 is 65.6 Å². The predicted molar refractivity (Wildman–Crippen MR) is 191 cm³/mol. The van der Waals surface area contributed by atoms with Gasteiger partial charge < -0.3 is 29.3 Å². The monoisotopic (exact) mass is 705 g/mol. The number of amides is 3. The number of rotatable bonds is 15. The van der Waals surface area contributed by atoms with Crippen LogP contribution in [-0.4, -0.2) is 88.6 Å². The summed E-state index contributed by atoms with van der Waals surface area (Å²) in [5.74, 6) is -3.77. The van der Waals surface area contributed by atoms with Crippen LogP contribution >= 0.6 is 11.6 Å². The van der Waals surface area contributed by atoms with Crippen molar-refractivity contribution in [1.82, 2.24) is 9.80 Å². The zero-order valence-corrected chi connectivity index (χ0v) is 30.0. The van der Waals surface area contributed by atoms with Crippen molar-refractivity contribution < 1.29 is 33.8 Å². The summed E-state index contributed by atoms with van der Waals surface area (Å²) in [7, 11) is 1.68. The zero-order valence-electron chi connectivity index (χ0n) is 29.2. The van der Waals surface area contributed by atoms with E-state index in [1.54, 1.807) is 48.4 Å². The van der Waals surface area contributed by atoms with E-state index in [0.717, 1.165) is 0 Å². The Bertz CT molecular complexity index is 1580. The second-order valence-corrected chi connectivity index (χ2v) is 14.3. The highest BCUT2D eigenvalue weighted by molar-refractivity contribution is 6.30. The second-order valence-electron chi connectivity index (χ2n) is 13.9. The molecule has 3 aliphatic heterocycles. The number of carbonyl (C=O) groups excluding carboxylic acids is 4. The second kappa shape index (κ2) is 15.5. The SMILES string of the molecule is C=CCCC(=O)N(C)[C@@H](C)[C@@H](OC(=O)[C@@H]1[C@H]2C(=O)N([C@@H](CO)C(C)C)[C@H](C(=O)N(CC=C)c3ccc(Cl)cc3)[C@]23CC[C@H]1O3)c1ccccc1. The first kappa shape index (κ1) is 37.3. The molecular formula is C39H48ClN3O7. The minimum absolute atomic E-state index is 0.118. The summed E-state index contributed by atoms with van der Waals surface area (Å²) < 4.78 is 13.0. The summed E-state index contributed by atoms with van der Waals surface area (Å²) >= 11 is 6.16. The van der Waals surface area contributed by atoms with Crippen LogP contribution in [0.25, 0.3) is 0 Å². The molecule has 2 aromatic carbocycles. The van der Waals surface area contributed by atoms with Crippen LogP contribution in [0.15, 0.2) is 79.9 Å². The van der Waals surface area contributed by atoms with Gasteiger partial charge in [0.15, 0.2) is 0 Å². The molecule has 0 aromatic heterocycles. The van der Waals surface area contributed by atoms with Crippen molar-refractivity contribution in [1.29, 1.82) is 0 Å². The Balaban J connectivity index is 1.53. The molecule has 268 valence electrons. The fourth-order valence-electron chi connectivity index (χ4n) is 7.96. The lowest BCUT2D eigenvalue weighted by atomic mass is 9.70. The van der Waals surface area contributed by atoms with Crippen LogP contribution in [0, 0.1) is 17.8 Å². The van der Waals surface area contributed by atoms with Gasteiger partial charge in [-0.05, 0) is 61.9 Å². The molecule has 1 spiro atoms. The number of carbonyl (C=O) groups is 4. The number of benzene rings is 2. The standard InChI is InChI=1S/C39H48ClN3O7/c1-7-9-15-31(45)41(6)25(5)34(26-13-11-10-12-14-26)49-38(48)32-30-20-21-39(50-30)33(32)36(46)43(29(23-44)24(3)4)35(39)37(47)42(22-8-2)28-18-16-27(40)17-19-28/h7-8,10-14,16-19,24-25,29-30,32-35,44H,1-2,9,15,20-23H2,3-6H3/t25-,29-,30+,32-,33-,34+,35+,39-/m0/s1. The molecule has 0 radical (unpaired) electrons. The molecule has 10 nitrogen and oxygen atoms in total. The third kappa shape index (κ3) is 6.73. The van der Waals surface area contributed by atoms with E-state index in [1.807, 2.05) is 51.1 Å². The third-order valence-electron chi connectivity index (χ3n) is 10.7. The van der Waals surface area contributed by atoms with Crippen molar-refractivity contribution in [3.63, 3.8) is 0 Å². The number of ether oxygens (including phenoxy) is 2. The van der Waals surface area contributed by atoms with Crippen LogP contribution in [0.2, 0.25) is 5.02 Å². The number of anilines is 1. The van der Waals surface area contributed by atoms with Gasteiger partial charge in [-0.2, -0.15) is 0 Å². The van der Waals surface area contributed by atoms with Gasteiger partial charge in [0.1, 0.15) is 17.7 Å². The smallest absolute Gasteiger partial charge is 0.313 e. The van der Waals surface area contributed by atoms with Gasteiger partial charge >= 0.3 is 5.97 Å². The molecule has 3 aliphatic rings. The maximum atomic E-state index is 14.8. The number of hydrogen-bond acceptors (Lipinski definition) is 7. The predicted octanol–water partition coefficient (Wildman–Crippen LogP) is 5.35. The Hall–Kier alpha value is -3.99. The maximum absolute atomic E-state index is 14.8. The first-order chi connectivity index (χ1) is 23.9. The van der Waals surface area contributed by atoms with Gasteiger partial charge in [-0.3, -0.25) is 19.2 Å². The van der Waals surface area contributed by atoms with Crippen molar-refractivity contribution in [2.24, 2.45) is 17.8 Å². The number of allylic oxidation sites excluding steroid dienone is 1. The lowest BCUT2D eigenvalue weighted by Crippen LogP contribution is -2.59. The molecule has 50 heavy (non-hydrogen) atoms. The lowest BCUT2D eigenvalue weighted by Gasteiger charge is -2.40. The molecule has 8 atom stereocenters. The van der Waals surface area contributed by atoms with Gasteiger partial charge in [0.2, 0.25) is 11.8 Å². The van der Waals surface area contributed by atoms with Crippen LogP contribution in [0.1, 0.15) is 58.1 Å². The molecule has 3 fully saturated rings. The van der Waals surface area contributed by atoms with E-state index >= 15 is 0 Å². The maximum Gasteiger partial charge on any atom is 0.313 e. The van der Waals surface area contributed by atoms with Crippen LogP contribution in [-0.2, 0) is 28.7 Å². The lowest BCUT2D eigenvalue weighted by molar-refractivity contribution is -0.165. The molecule has 2 aromatic rings. The van der Waals surface area contributed by atoms with Crippen molar-refractivity contribution in [2.45, 2.75) is 82.4 Å². The highest BCUT2D eigenvalue weighted by Crippen LogP contribution is 2.59. The molecule has 0 unspecified atom stereocenters. The number of nitrogens with zero attached hydrogens (tertiary/aromatic N) is 3. The minimum Gasteiger partial charge on any atom is -0.455 e. The summed E-state index contributed by atoms with van der Waals surface area (Å²) in [5, 5.41) is 11.1. The molecule has 0 saturated carbocycles. The number of likely N-dealkylation sites (tertiary alicyclic amines) is 1. The quantitative estimate of drug-likeness (QED) is 0.196. The molecule has 0 aliphatic carbocycles. The highest BCUT2D eigenvalue weighted by Gasteiger charge is 2.76. The number of halogens is 1.